The molecule has 0 saturated heterocycles. The summed E-state index contributed by atoms with van der Waals surface area (Å²) in [4.78, 5) is 30.5. The van der Waals surface area contributed by atoms with Gasteiger partial charge in [0.1, 0.15) is 28.6 Å². The van der Waals surface area contributed by atoms with Gasteiger partial charge in [0.25, 0.3) is 0 Å². The van der Waals surface area contributed by atoms with E-state index in [1.807, 2.05) is 0 Å². The maximum Gasteiger partial charge on any atom is 0.453 e. The summed E-state index contributed by atoms with van der Waals surface area (Å²) in [6.45, 7) is 0. The number of carbonyl (C=O) groups excluding carboxylic acids is 1. The van der Waals surface area contributed by atoms with Gasteiger partial charge in [-0.2, -0.15) is 27.1 Å². The fourth-order valence-corrected chi connectivity index (χ4v) is 4.88. The van der Waals surface area contributed by atoms with Gasteiger partial charge in [-0.3, -0.25) is 9.48 Å². The van der Waals surface area contributed by atoms with Crippen LogP contribution in [-0.2, 0) is 23.7 Å². The SMILES string of the molecule is CN(N)/C=C(\N)C1(C2CC2)C(=O)Nc2nc(-c3nc(CCC(F)(F)C(F)(F)F)nc4c3cnn4C)nc(N)c21. The van der Waals surface area contributed by atoms with E-state index in [1.54, 1.807) is 7.05 Å². The lowest BCUT2D eigenvalue weighted by Crippen LogP contribution is -2.43. The third-order valence-corrected chi connectivity index (χ3v) is 6.84. The largest absolute Gasteiger partial charge is 0.453 e. The molecule has 4 heterocycles. The lowest BCUT2D eigenvalue weighted by atomic mass is 9.74. The molecule has 0 spiro atoms. The smallest absolute Gasteiger partial charge is 0.400 e. The molecule has 17 heteroatoms. The third-order valence-electron chi connectivity index (χ3n) is 6.84. The molecule has 5 rings (SSSR count). The van der Waals surface area contributed by atoms with Crippen LogP contribution in [0.4, 0.5) is 33.6 Å². The maximum atomic E-state index is 13.6. The molecule has 0 bridgehead atoms. The predicted molar refractivity (Wildman–Crippen MR) is 128 cm³/mol. The minimum Gasteiger partial charge on any atom is -0.400 e. The Morgan fingerprint density at radius 1 is 1.23 bits per heavy atom. The Morgan fingerprint density at radius 2 is 1.92 bits per heavy atom. The number of carbonyl (C=O) groups is 1. The summed E-state index contributed by atoms with van der Waals surface area (Å²) in [5.74, 6) is -0.251. The van der Waals surface area contributed by atoms with Gasteiger partial charge in [0, 0.05) is 38.8 Å². The van der Waals surface area contributed by atoms with E-state index >= 15 is 0 Å². The van der Waals surface area contributed by atoms with Crippen molar-refractivity contribution in [3.63, 3.8) is 0 Å². The number of amides is 1. The topological polar surface area (TPSA) is 180 Å². The molecule has 0 radical (unpaired) electrons. The molecule has 3 aromatic heterocycles. The van der Waals surface area contributed by atoms with E-state index in [1.165, 1.54) is 29.1 Å². The first kappa shape index (κ1) is 26.5. The maximum absolute atomic E-state index is 13.6. The van der Waals surface area contributed by atoms with Crippen LogP contribution in [0.15, 0.2) is 18.1 Å². The Bertz CT molecular complexity index is 1510. The molecule has 12 nitrogen and oxygen atoms in total. The predicted octanol–water partition coefficient (Wildman–Crippen LogP) is 1.74. The molecule has 3 aromatic rings. The number of aryl methyl sites for hydroxylation is 2. The molecule has 1 saturated carbocycles. The van der Waals surface area contributed by atoms with Gasteiger partial charge in [-0.15, -0.1) is 0 Å². The summed E-state index contributed by atoms with van der Waals surface area (Å²) < 4.78 is 66.6. The molecule has 0 aromatic carbocycles. The zero-order valence-corrected chi connectivity index (χ0v) is 20.7. The monoisotopic (exact) mass is 553 g/mol. The second-order valence-electron chi connectivity index (χ2n) is 9.64. The van der Waals surface area contributed by atoms with E-state index in [9.17, 15) is 26.7 Å². The Morgan fingerprint density at radius 3 is 2.54 bits per heavy atom. The van der Waals surface area contributed by atoms with Gasteiger partial charge in [-0.25, -0.2) is 25.8 Å². The molecule has 39 heavy (non-hydrogen) atoms. The number of nitrogen functional groups attached to an aromatic ring is 1. The number of anilines is 2. The van der Waals surface area contributed by atoms with E-state index < -0.39 is 36.3 Å². The number of halogens is 5. The van der Waals surface area contributed by atoms with Crippen LogP contribution in [0.1, 0.15) is 30.7 Å². The first-order valence-corrected chi connectivity index (χ1v) is 11.7. The van der Waals surface area contributed by atoms with Crippen molar-refractivity contribution in [1.29, 1.82) is 0 Å². The van der Waals surface area contributed by atoms with Crippen molar-refractivity contribution in [1.82, 2.24) is 34.7 Å². The molecule has 208 valence electrons. The molecule has 1 amide bonds. The highest BCUT2D eigenvalue weighted by molar-refractivity contribution is 6.10. The second kappa shape index (κ2) is 8.69. The third kappa shape index (κ3) is 4.16. The Balaban J connectivity index is 1.62. The quantitative estimate of drug-likeness (QED) is 0.191. The number of aromatic nitrogens is 6. The molecule has 7 N–H and O–H groups in total. The number of alkyl halides is 5. The fourth-order valence-electron chi connectivity index (χ4n) is 4.88. The Kier molecular flexibility index (Phi) is 5.89. The van der Waals surface area contributed by atoms with E-state index in [0.29, 0.717) is 18.2 Å². The average molecular weight is 554 g/mol. The van der Waals surface area contributed by atoms with Crippen molar-refractivity contribution in [3.05, 3.63) is 29.5 Å². The Labute approximate surface area is 217 Å². The summed E-state index contributed by atoms with van der Waals surface area (Å²) in [5.41, 5.74) is 12.0. The van der Waals surface area contributed by atoms with E-state index in [2.05, 4.69) is 30.4 Å². The van der Waals surface area contributed by atoms with Gasteiger partial charge in [-0.1, -0.05) is 0 Å². The lowest BCUT2D eigenvalue weighted by Gasteiger charge is -2.29. The van der Waals surface area contributed by atoms with Gasteiger partial charge in [-0.05, 0) is 18.8 Å². The van der Waals surface area contributed by atoms with Crippen LogP contribution in [0, 0.1) is 5.92 Å². The van der Waals surface area contributed by atoms with Crippen LogP contribution in [0.25, 0.3) is 22.6 Å². The highest BCUT2D eigenvalue weighted by Crippen LogP contribution is 2.56. The number of hydrazine groups is 1. The van der Waals surface area contributed by atoms with Gasteiger partial charge in [0.05, 0.1) is 17.1 Å². The highest BCUT2D eigenvalue weighted by Gasteiger charge is 2.60. The standard InChI is InChI=1S/C22H24F5N11O/c1-37(30)8-11(28)21(9-3-4-9)13-15(29)34-17(35-16(13)36-19(21)39)14-10-7-31-38(2)18(10)33-12(32-14)5-6-20(23,24)22(25,26)27/h7-9H,3-6,28,30H2,1-2H3,(H3,29,34,35,36,39)/b11-8-. The normalized spacial score (nSPS) is 19.9. The molecular formula is C22H24F5N11O. The van der Waals surface area contributed by atoms with Gasteiger partial charge >= 0.3 is 12.1 Å². The van der Waals surface area contributed by atoms with E-state index in [4.69, 9.17) is 17.3 Å². The summed E-state index contributed by atoms with van der Waals surface area (Å²) >= 11 is 0. The zero-order valence-electron chi connectivity index (χ0n) is 20.7. The van der Waals surface area contributed by atoms with Crippen LogP contribution in [0.2, 0.25) is 0 Å². The van der Waals surface area contributed by atoms with E-state index in [-0.39, 0.29) is 51.8 Å². The van der Waals surface area contributed by atoms with Crippen molar-refractivity contribution in [2.75, 3.05) is 18.1 Å². The van der Waals surface area contributed by atoms with Gasteiger partial charge in [0.2, 0.25) is 5.91 Å². The minimum atomic E-state index is -5.72. The number of hydrogen-bond donors (Lipinski definition) is 4. The van der Waals surface area contributed by atoms with Crippen molar-refractivity contribution in [3.8, 4) is 11.5 Å². The van der Waals surface area contributed by atoms with Crippen molar-refractivity contribution in [2.24, 2.45) is 24.5 Å². The number of fused-ring (bicyclic) bond motifs is 2. The second-order valence-corrected chi connectivity index (χ2v) is 9.64. The molecule has 1 aliphatic carbocycles. The molecule has 1 unspecified atom stereocenters. The first-order chi connectivity index (χ1) is 18.2. The minimum absolute atomic E-state index is 0.00342. The van der Waals surface area contributed by atoms with E-state index in [0.717, 1.165) is 0 Å². The fraction of sp³-hybridized carbons (Fsp3) is 0.455. The zero-order chi connectivity index (χ0) is 28.5. The number of nitrogens with zero attached hydrogens (tertiary/aromatic N) is 7. The summed E-state index contributed by atoms with van der Waals surface area (Å²) in [7, 11) is 3.06. The summed E-state index contributed by atoms with van der Waals surface area (Å²) in [6, 6.07) is 0. The average Bonchev–Trinajstić information content (AvgIpc) is 3.54. The number of rotatable bonds is 7. The molecule has 1 fully saturated rings. The van der Waals surface area contributed by atoms with Crippen LogP contribution in [-0.4, -0.2) is 59.8 Å². The van der Waals surface area contributed by atoms with Crippen LogP contribution < -0.4 is 22.6 Å². The highest BCUT2D eigenvalue weighted by atomic mass is 19.4. The van der Waals surface area contributed by atoms with Gasteiger partial charge in [0.15, 0.2) is 11.5 Å². The van der Waals surface area contributed by atoms with Crippen LogP contribution in [0.3, 0.4) is 0 Å². The first-order valence-electron chi connectivity index (χ1n) is 11.7. The lowest BCUT2D eigenvalue weighted by molar-refractivity contribution is -0.284. The molecular weight excluding hydrogens is 529 g/mol. The number of nitrogens with two attached hydrogens (primary N) is 3. The number of hydrogen-bond acceptors (Lipinski definition) is 10. The molecule has 1 aliphatic heterocycles. The summed E-state index contributed by atoms with van der Waals surface area (Å²) in [6.07, 6.45) is -3.89. The van der Waals surface area contributed by atoms with Crippen LogP contribution in [0.5, 0.6) is 0 Å². The van der Waals surface area contributed by atoms with Crippen molar-refractivity contribution >= 4 is 28.6 Å². The summed E-state index contributed by atoms with van der Waals surface area (Å²) in [5, 5.41) is 8.28. The number of nitrogens with one attached hydrogen (secondary N) is 1. The van der Waals surface area contributed by atoms with Crippen molar-refractivity contribution < 1.29 is 26.7 Å². The molecule has 1 atom stereocenters. The Hall–Kier alpha value is -4.15. The van der Waals surface area contributed by atoms with Crippen molar-refractivity contribution in [2.45, 2.75) is 43.2 Å². The van der Waals surface area contributed by atoms with Gasteiger partial charge < -0.3 is 21.8 Å². The molecule has 2 aliphatic rings. The van der Waals surface area contributed by atoms with Crippen LogP contribution >= 0.6 is 0 Å².